The summed E-state index contributed by atoms with van der Waals surface area (Å²) in [6.07, 6.45) is 6.09. The molecule has 1 atom stereocenters. The summed E-state index contributed by atoms with van der Waals surface area (Å²) in [6.45, 7) is 0.367. The van der Waals surface area contributed by atoms with E-state index in [1.165, 1.54) is 0 Å². The fraction of sp³-hybridized carbons (Fsp3) is 0.0952. The van der Waals surface area contributed by atoms with E-state index in [-0.39, 0.29) is 12.0 Å². The second-order valence-electron chi connectivity index (χ2n) is 5.83. The summed E-state index contributed by atoms with van der Waals surface area (Å²) >= 11 is 0. The third-order valence-corrected chi connectivity index (χ3v) is 4.24. The second-order valence-corrected chi connectivity index (χ2v) is 5.83. The zero-order valence-corrected chi connectivity index (χ0v) is 13.1. The maximum Gasteiger partial charge on any atom is 0.355 e. The number of hydrogen-bond acceptors (Lipinski definition) is 2. The molecule has 118 valence electrons. The Balaban J connectivity index is 1.69. The van der Waals surface area contributed by atoms with Gasteiger partial charge in [0.05, 0.1) is 6.04 Å². The van der Waals surface area contributed by atoms with Crippen LogP contribution in [0.4, 0.5) is 0 Å². The molecule has 0 bridgehead atoms. The fourth-order valence-electron chi connectivity index (χ4n) is 3.01. The van der Waals surface area contributed by atoms with Crippen molar-refractivity contribution in [1.29, 1.82) is 0 Å². The average Bonchev–Trinajstić information content (AvgIpc) is 3.07. The highest BCUT2D eigenvalue weighted by atomic mass is 16.5. The highest BCUT2D eigenvalue weighted by Gasteiger charge is 2.27. The number of fused-ring (bicyclic) bond motifs is 1. The molecule has 3 heteroatoms. The minimum Gasteiger partial charge on any atom is -0.458 e. The van der Waals surface area contributed by atoms with Gasteiger partial charge in [0.2, 0.25) is 0 Å². The van der Waals surface area contributed by atoms with Gasteiger partial charge >= 0.3 is 5.97 Å². The van der Waals surface area contributed by atoms with Crippen LogP contribution in [0.1, 0.15) is 33.2 Å². The van der Waals surface area contributed by atoms with Crippen molar-refractivity contribution in [3.63, 3.8) is 0 Å². The predicted octanol–water partition coefficient (Wildman–Crippen LogP) is 4.42. The first kappa shape index (κ1) is 14.5. The van der Waals surface area contributed by atoms with Gasteiger partial charge in [-0.15, -0.1) is 0 Å². The first-order valence-electron chi connectivity index (χ1n) is 7.98. The standard InChI is InChI=1S/C21H17NO2/c23-21-19-13-17(12-11-16-7-3-1-4-8-16)14-22(19)20(15-24-21)18-9-5-2-6-10-18/h1-14,20H,15H2/b12-11+/t20-/m0/s1. The van der Waals surface area contributed by atoms with Crippen molar-refractivity contribution in [2.75, 3.05) is 6.61 Å². The van der Waals surface area contributed by atoms with Crippen molar-refractivity contribution < 1.29 is 9.53 Å². The molecule has 1 aliphatic heterocycles. The molecule has 2 heterocycles. The number of esters is 1. The maximum atomic E-state index is 12.1. The van der Waals surface area contributed by atoms with E-state index in [2.05, 4.69) is 12.1 Å². The normalized spacial score (nSPS) is 16.8. The summed E-state index contributed by atoms with van der Waals surface area (Å²) in [4.78, 5) is 12.1. The maximum absolute atomic E-state index is 12.1. The van der Waals surface area contributed by atoms with Gasteiger partial charge in [-0.1, -0.05) is 72.8 Å². The summed E-state index contributed by atoms with van der Waals surface area (Å²) < 4.78 is 7.38. The number of carbonyl (C=O) groups excluding carboxylic acids is 1. The van der Waals surface area contributed by atoms with E-state index in [0.29, 0.717) is 12.3 Å². The lowest BCUT2D eigenvalue weighted by Gasteiger charge is -2.25. The highest BCUT2D eigenvalue weighted by Crippen LogP contribution is 2.28. The molecular weight excluding hydrogens is 298 g/mol. The van der Waals surface area contributed by atoms with Crippen molar-refractivity contribution in [1.82, 2.24) is 4.57 Å². The van der Waals surface area contributed by atoms with Gasteiger partial charge in [0, 0.05) is 6.20 Å². The molecule has 4 rings (SSSR count). The molecule has 3 nitrogen and oxygen atoms in total. The Morgan fingerprint density at radius 2 is 1.58 bits per heavy atom. The van der Waals surface area contributed by atoms with Crippen LogP contribution in [0.3, 0.4) is 0 Å². The molecule has 0 unspecified atom stereocenters. The first-order valence-corrected chi connectivity index (χ1v) is 7.98. The fourth-order valence-corrected chi connectivity index (χ4v) is 3.01. The first-order chi connectivity index (χ1) is 11.8. The van der Waals surface area contributed by atoms with Crippen molar-refractivity contribution in [2.45, 2.75) is 6.04 Å². The molecule has 24 heavy (non-hydrogen) atoms. The quantitative estimate of drug-likeness (QED) is 0.670. The van der Waals surface area contributed by atoms with Gasteiger partial charge in [0.1, 0.15) is 12.3 Å². The van der Waals surface area contributed by atoms with Crippen LogP contribution in [0.15, 0.2) is 72.9 Å². The van der Waals surface area contributed by atoms with E-state index in [9.17, 15) is 4.79 Å². The van der Waals surface area contributed by atoms with E-state index < -0.39 is 0 Å². The van der Waals surface area contributed by atoms with Gasteiger partial charge in [0.15, 0.2) is 0 Å². The minimum atomic E-state index is -0.262. The van der Waals surface area contributed by atoms with Crippen LogP contribution >= 0.6 is 0 Å². The van der Waals surface area contributed by atoms with Gasteiger partial charge in [-0.2, -0.15) is 0 Å². The number of nitrogens with zero attached hydrogens (tertiary/aromatic N) is 1. The Hall–Kier alpha value is -3.07. The van der Waals surface area contributed by atoms with Crippen LogP contribution in [0, 0.1) is 0 Å². The number of hydrogen-bond donors (Lipinski definition) is 0. The monoisotopic (exact) mass is 315 g/mol. The Morgan fingerprint density at radius 1 is 0.917 bits per heavy atom. The van der Waals surface area contributed by atoms with Crippen molar-refractivity contribution in [3.05, 3.63) is 95.3 Å². The predicted molar refractivity (Wildman–Crippen MR) is 94.7 cm³/mol. The SMILES string of the molecule is O=C1OC[C@@H](c2ccccc2)n2cc(/C=C/c3ccccc3)cc21. The molecule has 0 spiro atoms. The van der Waals surface area contributed by atoms with Gasteiger partial charge in [0.25, 0.3) is 0 Å². The van der Waals surface area contributed by atoms with Gasteiger partial charge < -0.3 is 9.30 Å². The van der Waals surface area contributed by atoms with E-state index in [1.807, 2.05) is 77.5 Å². The molecule has 0 radical (unpaired) electrons. The molecule has 0 N–H and O–H groups in total. The van der Waals surface area contributed by atoms with Crippen molar-refractivity contribution in [2.24, 2.45) is 0 Å². The number of carbonyl (C=O) groups is 1. The zero-order chi connectivity index (χ0) is 16.4. The number of ether oxygens (including phenoxy) is 1. The molecule has 0 amide bonds. The molecule has 0 saturated carbocycles. The van der Waals surface area contributed by atoms with Gasteiger partial charge in [-0.05, 0) is 22.8 Å². The molecular formula is C21H17NO2. The Morgan fingerprint density at radius 3 is 2.33 bits per heavy atom. The highest BCUT2D eigenvalue weighted by molar-refractivity contribution is 5.90. The van der Waals surface area contributed by atoms with Gasteiger partial charge in [-0.25, -0.2) is 4.79 Å². The Labute approximate surface area is 140 Å². The largest absolute Gasteiger partial charge is 0.458 e. The van der Waals surface area contributed by atoms with Crippen molar-refractivity contribution >= 4 is 18.1 Å². The Bertz CT molecular complexity index is 879. The zero-order valence-electron chi connectivity index (χ0n) is 13.1. The average molecular weight is 315 g/mol. The van der Waals surface area contributed by atoms with Crippen LogP contribution in [0.25, 0.3) is 12.2 Å². The minimum absolute atomic E-state index is 0.0257. The van der Waals surface area contributed by atoms with E-state index in [4.69, 9.17) is 4.74 Å². The summed E-state index contributed by atoms with van der Waals surface area (Å²) in [5, 5.41) is 0. The number of cyclic esters (lactones) is 1. The molecule has 0 aliphatic carbocycles. The summed E-state index contributed by atoms with van der Waals surface area (Å²) in [7, 11) is 0. The topological polar surface area (TPSA) is 31.2 Å². The molecule has 3 aromatic rings. The van der Waals surface area contributed by atoms with E-state index >= 15 is 0 Å². The van der Waals surface area contributed by atoms with Crippen LogP contribution in [0.5, 0.6) is 0 Å². The van der Waals surface area contributed by atoms with E-state index in [1.54, 1.807) is 0 Å². The molecule has 0 fully saturated rings. The number of benzene rings is 2. The lowest BCUT2D eigenvalue weighted by molar-refractivity contribution is 0.0385. The second kappa shape index (κ2) is 6.20. The Kier molecular flexibility index (Phi) is 3.75. The molecule has 2 aromatic carbocycles. The summed E-state index contributed by atoms with van der Waals surface area (Å²) in [6, 6.07) is 22.1. The van der Waals surface area contributed by atoms with Crippen LogP contribution in [0.2, 0.25) is 0 Å². The lowest BCUT2D eigenvalue weighted by atomic mass is 10.1. The van der Waals surface area contributed by atoms with Crippen LogP contribution in [-0.2, 0) is 4.74 Å². The van der Waals surface area contributed by atoms with Crippen LogP contribution < -0.4 is 0 Å². The third kappa shape index (κ3) is 2.76. The number of rotatable bonds is 3. The molecule has 0 saturated heterocycles. The summed E-state index contributed by atoms with van der Waals surface area (Å²) in [5.74, 6) is -0.262. The van der Waals surface area contributed by atoms with Gasteiger partial charge in [-0.3, -0.25) is 0 Å². The van der Waals surface area contributed by atoms with E-state index in [0.717, 1.165) is 16.7 Å². The molecule has 1 aromatic heterocycles. The molecule has 1 aliphatic rings. The smallest absolute Gasteiger partial charge is 0.355 e. The third-order valence-electron chi connectivity index (χ3n) is 4.24. The summed E-state index contributed by atoms with van der Waals surface area (Å²) in [5.41, 5.74) is 3.86. The lowest BCUT2D eigenvalue weighted by Crippen LogP contribution is -2.28. The van der Waals surface area contributed by atoms with Crippen LogP contribution in [-0.4, -0.2) is 17.1 Å². The number of aromatic nitrogens is 1. The van der Waals surface area contributed by atoms with Crippen molar-refractivity contribution in [3.8, 4) is 0 Å².